The molecule has 0 bridgehead atoms. The quantitative estimate of drug-likeness (QED) is 0.303. The molecule has 5 aromatic heterocycles. The van der Waals surface area contributed by atoms with Crippen LogP contribution in [0.3, 0.4) is 0 Å². The predicted molar refractivity (Wildman–Crippen MR) is 142 cm³/mol. The van der Waals surface area contributed by atoms with Gasteiger partial charge in [-0.2, -0.15) is 5.10 Å². The van der Waals surface area contributed by atoms with Crippen molar-refractivity contribution < 1.29 is 0 Å². The van der Waals surface area contributed by atoms with Crippen LogP contribution in [0, 0.1) is 0 Å². The van der Waals surface area contributed by atoms with E-state index in [-0.39, 0.29) is 0 Å². The predicted octanol–water partition coefficient (Wildman–Crippen LogP) is 5.99. The van der Waals surface area contributed by atoms with Gasteiger partial charge >= 0.3 is 0 Å². The summed E-state index contributed by atoms with van der Waals surface area (Å²) in [7, 11) is 4.07. The molecular weight excluding hydrogens is 434 g/mol. The molecule has 0 fully saturated rings. The van der Waals surface area contributed by atoms with E-state index in [2.05, 4.69) is 72.8 Å². The number of aromatic amines is 2. The number of rotatable bonds is 6. The summed E-state index contributed by atoms with van der Waals surface area (Å²) in [5.74, 6) is 0. The van der Waals surface area contributed by atoms with E-state index in [0.717, 1.165) is 61.2 Å². The molecule has 5 heterocycles. The number of aromatic nitrogens is 6. The maximum atomic E-state index is 4.64. The zero-order valence-corrected chi connectivity index (χ0v) is 20.3. The van der Waals surface area contributed by atoms with E-state index in [4.69, 9.17) is 0 Å². The second-order valence-electron chi connectivity index (χ2n) is 8.89. The van der Waals surface area contributed by atoms with Crippen molar-refractivity contribution in [3.05, 3.63) is 90.8 Å². The van der Waals surface area contributed by atoms with Crippen LogP contribution in [-0.4, -0.2) is 49.1 Å². The van der Waals surface area contributed by atoms with Crippen molar-refractivity contribution in [2.75, 3.05) is 14.1 Å². The van der Waals surface area contributed by atoms with Crippen molar-refractivity contribution in [1.82, 2.24) is 35.0 Å². The number of H-pyrrole nitrogens is 2. The Kier molecular flexibility index (Phi) is 5.74. The summed E-state index contributed by atoms with van der Waals surface area (Å²) in [5, 5.41) is 9.66. The lowest BCUT2D eigenvalue weighted by Crippen LogP contribution is -2.08. The Balaban J connectivity index is 1.64. The van der Waals surface area contributed by atoms with Crippen molar-refractivity contribution in [1.29, 1.82) is 0 Å². The molecule has 5 aromatic rings. The SMILES string of the molecule is C=C(C)/C=C(\C=C(/C)N(C)C)c1cnc2n[nH]c(-c3cc4c(-c5ccncc5)cncc4[nH]3)c2c1. The van der Waals surface area contributed by atoms with Gasteiger partial charge in [0, 0.05) is 66.5 Å². The normalized spacial score (nSPS) is 12.5. The minimum absolute atomic E-state index is 0.665. The van der Waals surface area contributed by atoms with E-state index in [0.29, 0.717) is 5.65 Å². The Labute approximate surface area is 204 Å². The molecule has 0 spiro atoms. The van der Waals surface area contributed by atoms with Gasteiger partial charge in [0.05, 0.1) is 23.1 Å². The highest BCUT2D eigenvalue weighted by Crippen LogP contribution is 2.34. The van der Waals surface area contributed by atoms with Crippen molar-refractivity contribution in [2.24, 2.45) is 0 Å². The standard InChI is InChI=1S/C28H27N7/c1-17(2)10-20(11-18(3)35(4)5)21-12-23-27(33-34-28(23)31-14-21)25-13-22-24(15-30-16-26(22)32-25)19-6-8-29-9-7-19/h6-16,32H,1H2,2-5H3,(H,31,33,34)/b18-11+,20-10+. The molecule has 0 aliphatic rings. The third-order valence-electron chi connectivity index (χ3n) is 6.02. The second kappa shape index (κ2) is 9.02. The fraction of sp³-hybridized carbons (Fsp3) is 0.143. The molecule has 0 saturated heterocycles. The molecule has 7 nitrogen and oxygen atoms in total. The van der Waals surface area contributed by atoms with Gasteiger partial charge in [-0.3, -0.25) is 15.1 Å². The molecule has 2 N–H and O–H groups in total. The Morgan fingerprint density at radius 3 is 2.51 bits per heavy atom. The summed E-state index contributed by atoms with van der Waals surface area (Å²) in [6.45, 7) is 8.15. The van der Waals surface area contributed by atoms with Crippen LogP contribution in [0.2, 0.25) is 0 Å². The Bertz CT molecular complexity index is 1600. The van der Waals surface area contributed by atoms with Gasteiger partial charge in [-0.05, 0) is 55.3 Å². The highest BCUT2D eigenvalue weighted by atomic mass is 15.2. The van der Waals surface area contributed by atoms with Gasteiger partial charge in [-0.1, -0.05) is 18.2 Å². The van der Waals surface area contributed by atoms with Gasteiger partial charge < -0.3 is 9.88 Å². The zero-order chi connectivity index (χ0) is 24.5. The van der Waals surface area contributed by atoms with Gasteiger partial charge in [0.15, 0.2) is 5.65 Å². The molecule has 0 aliphatic carbocycles. The largest absolute Gasteiger partial charge is 0.381 e. The van der Waals surface area contributed by atoms with Crippen LogP contribution in [0.25, 0.3) is 50.0 Å². The number of nitrogens with zero attached hydrogens (tertiary/aromatic N) is 5. The summed E-state index contributed by atoms with van der Waals surface area (Å²) in [6.07, 6.45) is 13.4. The lowest BCUT2D eigenvalue weighted by Gasteiger charge is -2.14. The van der Waals surface area contributed by atoms with E-state index >= 15 is 0 Å². The third-order valence-corrected chi connectivity index (χ3v) is 6.02. The van der Waals surface area contributed by atoms with E-state index in [1.165, 1.54) is 0 Å². The van der Waals surface area contributed by atoms with Crippen LogP contribution < -0.4 is 0 Å². The first-order chi connectivity index (χ1) is 16.9. The van der Waals surface area contributed by atoms with Gasteiger partial charge in [-0.15, -0.1) is 0 Å². The monoisotopic (exact) mass is 461 g/mol. The highest BCUT2D eigenvalue weighted by molar-refractivity contribution is 6.00. The molecule has 0 aliphatic heterocycles. The van der Waals surface area contributed by atoms with Gasteiger partial charge in [0.2, 0.25) is 0 Å². The first-order valence-electron chi connectivity index (χ1n) is 11.4. The van der Waals surface area contributed by atoms with Gasteiger partial charge in [-0.25, -0.2) is 4.98 Å². The van der Waals surface area contributed by atoms with E-state index in [9.17, 15) is 0 Å². The molecular formula is C28H27N7. The fourth-order valence-electron chi connectivity index (χ4n) is 4.04. The zero-order valence-electron chi connectivity index (χ0n) is 20.3. The summed E-state index contributed by atoms with van der Waals surface area (Å²) >= 11 is 0. The fourth-order valence-corrected chi connectivity index (χ4v) is 4.04. The summed E-state index contributed by atoms with van der Waals surface area (Å²) < 4.78 is 0. The molecule has 0 amide bonds. The first-order valence-corrected chi connectivity index (χ1v) is 11.4. The van der Waals surface area contributed by atoms with E-state index < -0.39 is 0 Å². The van der Waals surface area contributed by atoms with Crippen LogP contribution in [-0.2, 0) is 0 Å². The Morgan fingerprint density at radius 2 is 1.77 bits per heavy atom. The van der Waals surface area contributed by atoms with Crippen molar-refractivity contribution in [3.8, 4) is 22.5 Å². The number of nitrogens with one attached hydrogen (secondary N) is 2. The lowest BCUT2D eigenvalue weighted by molar-refractivity contribution is 0.514. The minimum atomic E-state index is 0.665. The minimum Gasteiger partial charge on any atom is -0.381 e. The van der Waals surface area contributed by atoms with Crippen LogP contribution >= 0.6 is 0 Å². The summed E-state index contributed by atoms with van der Waals surface area (Å²) in [4.78, 5) is 18.8. The van der Waals surface area contributed by atoms with Crippen molar-refractivity contribution in [2.45, 2.75) is 13.8 Å². The van der Waals surface area contributed by atoms with Crippen LogP contribution in [0.5, 0.6) is 0 Å². The molecule has 0 radical (unpaired) electrons. The Morgan fingerprint density at radius 1 is 0.971 bits per heavy atom. The average Bonchev–Trinajstić information content (AvgIpc) is 3.47. The number of hydrogen-bond donors (Lipinski definition) is 2. The molecule has 0 aromatic carbocycles. The first kappa shape index (κ1) is 22.3. The maximum absolute atomic E-state index is 4.64. The lowest BCUT2D eigenvalue weighted by atomic mass is 10.0. The average molecular weight is 462 g/mol. The molecule has 0 atom stereocenters. The molecule has 7 heteroatoms. The molecule has 5 rings (SSSR count). The van der Waals surface area contributed by atoms with E-state index in [1.807, 2.05) is 51.7 Å². The summed E-state index contributed by atoms with van der Waals surface area (Å²) in [5.41, 5.74) is 9.70. The molecule has 0 saturated carbocycles. The highest BCUT2D eigenvalue weighted by Gasteiger charge is 2.15. The van der Waals surface area contributed by atoms with Crippen LogP contribution in [0.4, 0.5) is 0 Å². The van der Waals surface area contributed by atoms with Crippen LogP contribution in [0.15, 0.2) is 85.3 Å². The van der Waals surface area contributed by atoms with Crippen molar-refractivity contribution >= 4 is 27.5 Å². The smallest absolute Gasteiger partial charge is 0.181 e. The van der Waals surface area contributed by atoms with Gasteiger partial charge in [0.25, 0.3) is 0 Å². The topological polar surface area (TPSA) is 86.4 Å². The van der Waals surface area contributed by atoms with Gasteiger partial charge in [0.1, 0.15) is 0 Å². The van der Waals surface area contributed by atoms with Crippen molar-refractivity contribution in [3.63, 3.8) is 0 Å². The van der Waals surface area contributed by atoms with Crippen LogP contribution in [0.1, 0.15) is 19.4 Å². The Hall–Kier alpha value is -4.52. The number of pyridine rings is 3. The summed E-state index contributed by atoms with van der Waals surface area (Å²) in [6, 6.07) is 8.24. The molecule has 35 heavy (non-hydrogen) atoms. The molecule has 174 valence electrons. The number of allylic oxidation sites excluding steroid dienone is 5. The molecule has 0 unspecified atom stereocenters. The van der Waals surface area contributed by atoms with E-state index in [1.54, 1.807) is 12.4 Å². The number of hydrogen-bond acceptors (Lipinski definition) is 5. The number of fused-ring (bicyclic) bond motifs is 2. The maximum Gasteiger partial charge on any atom is 0.181 e. The second-order valence-corrected chi connectivity index (χ2v) is 8.89. The third kappa shape index (κ3) is 4.36.